The van der Waals surface area contributed by atoms with Crippen molar-refractivity contribution < 1.29 is 13.7 Å². The summed E-state index contributed by atoms with van der Waals surface area (Å²) in [6, 6.07) is 0. The molecule has 1 aliphatic rings. The molecule has 0 amide bonds. The molecule has 19 heavy (non-hydrogen) atoms. The van der Waals surface area contributed by atoms with Gasteiger partial charge in [0, 0.05) is 18.0 Å². The van der Waals surface area contributed by atoms with E-state index in [1.54, 1.807) is 5.98 Å². The normalized spacial score (nSPS) is 21.2. The lowest BCUT2D eigenvalue weighted by Crippen LogP contribution is -2.41. The van der Waals surface area contributed by atoms with Crippen LogP contribution >= 0.6 is 0 Å². The Kier molecular flexibility index (Phi) is 3.41. The highest BCUT2D eigenvalue weighted by molar-refractivity contribution is 6.52. The van der Waals surface area contributed by atoms with E-state index in [1.807, 2.05) is 27.7 Å². The van der Waals surface area contributed by atoms with Crippen molar-refractivity contribution in [3.05, 3.63) is 40.0 Å². The topological polar surface area (TPSA) is 51.3 Å². The van der Waals surface area contributed by atoms with E-state index < -0.39 is 29.6 Å². The van der Waals surface area contributed by atoms with Crippen LogP contribution in [0.1, 0.15) is 33.3 Å². The third-order valence-electron chi connectivity index (χ3n) is 3.63. The Morgan fingerprint density at radius 2 is 1.79 bits per heavy atom. The van der Waals surface area contributed by atoms with Gasteiger partial charge in [0.1, 0.15) is 0 Å². The second-order valence-corrected chi connectivity index (χ2v) is 5.57. The standard InChI is InChI=1S/C13H17BFNO3/c1-12(2)13(3,4)19-14(18-12)6-5-9-7-16-8-10(15)11(9)17/h5-8H,1-4H3,(H,16,17)/b6-5+. The molecule has 1 saturated heterocycles. The molecule has 6 heteroatoms. The van der Waals surface area contributed by atoms with Gasteiger partial charge < -0.3 is 14.3 Å². The number of H-pyrrole nitrogens is 1. The van der Waals surface area contributed by atoms with Gasteiger partial charge in [0.15, 0.2) is 5.82 Å². The maximum absolute atomic E-state index is 13.1. The Balaban J connectivity index is 2.18. The zero-order valence-corrected chi connectivity index (χ0v) is 11.5. The minimum absolute atomic E-state index is 0.231. The Morgan fingerprint density at radius 3 is 2.37 bits per heavy atom. The largest absolute Gasteiger partial charge is 0.487 e. The molecule has 2 heterocycles. The Bertz CT molecular complexity index is 549. The summed E-state index contributed by atoms with van der Waals surface area (Å²) in [6.45, 7) is 7.76. The lowest BCUT2D eigenvalue weighted by molar-refractivity contribution is 0.00578. The highest BCUT2D eigenvalue weighted by Crippen LogP contribution is 2.36. The molecular formula is C13H17BFNO3. The van der Waals surface area contributed by atoms with Crippen LogP contribution in [-0.2, 0) is 9.31 Å². The van der Waals surface area contributed by atoms with Crippen LogP contribution in [0, 0.1) is 5.82 Å². The van der Waals surface area contributed by atoms with Crippen molar-refractivity contribution in [2.75, 3.05) is 0 Å². The molecule has 102 valence electrons. The zero-order valence-electron chi connectivity index (χ0n) is 11.5. The van der Waals surface area contributed by atoms with Crippen molar-refractivity contribution in [3.8, 4) is 0 Å². The molecule has 0 bridgehead atoms. The predicted octanol–water partition coefficient (Wildman–Crippen LogP) is 2.16. The number of halogens is 1. The van der Waals surface area contributed by atoms with Crippen LogP contribution in [0.5, 0.6) is 0 Å². The van der Waals surface area contributed by atoms with E-state index in [0.717, 1.165) is 6.20 Å². The molecule has 0 atom stereocenters. The van der Waals surface area contributed by atoms with Gasteiger partial charge in [-0.05, 0) is 27.7 Å². The second-order valence-electron chi connectivity index (χ2n) is 5.57. The van der Waals surface area contributed by atoms with Gasteiger partial charge in [-0.15, -0.1) is 0 Å². The number of aromatic amines is 1. The molecule has 0 spiro atoms. The van der Waals surface area contributed by atoms with Crippen LogP contribution in [0.25, 0.3) is 6.08 Å². The van der Waals surface area contributed by atoms with E-state index in [4.69, 9.17) is 9.31 Å². The van der Waals surface area contributed by atoms with Crippen molar-refractivity contribution in [1.29, 1.82) is 0 Å². The van der Waals surface area contributed by atoms with Gasteiger partial charge in [-0.1, -0.05) is 12.1 Å². The summed E-state index contributed by atoms with van der Waals surface area (Å²) in [5.74, 6) is 0.802. The molecule has 4 nitrogen and oxygen atoms in total. The van der Waals surface area contributed by atoms with Crippen LogP contribution in [0.15, 0.2) is 23.2 Å². The molecule has 1 aromatic heterocycles. The molecule has 0 aliphatic carbocycles. The number of hydrogen-bond acceptors (Lipinski definition) is 3. The third kappa shape index (κ3) is 2.64. The van der Waals surface area contributed by atoms with Crippen molar-refractivity contribution in [2.24, 2.45) is 0 Å². The van der Waals surface area contributed by atoms with Crippen molar-refractivity contribution in [1.82, 2.24) is 4.98 Å². The number of rotatable bonds is 2. The van der Waals surface area contributed by atoms with Gasteiger partial charge in [0.05, 0.1) is 11.2 Å². The summed E-state index contributed by atoms with van der Waals surface area (Å²) in [7, 11) is -0.548. The van der Waals surface area contributed by atoms with Crippen LogP contribution in [0.4, 0.5) is 4.39 Å². The van der Waals surface area contributed by atoms with E-state index in [1.165, 1.54) is 12.3 Å². The Hall–Kier alpha value is -1.40. The fourth-order valence-corrected chi connectivity index (χ4v) is 1.75. The van der Waals surface area contributed by atoms with E-state index in [0.29, 0.717) is 0 Å². The first kappa shape index (κ1) is 14.0. The Labute approximate surface area is 111 Å². The molecule has 0 radical (unpaired) electrons. The minimum atomic E-state index is -0.809. The smallest absolute Gasteiger partial charge is 0.400 e. The van der Waals surface area contributed by atoms with Crippen LogP contribution in [0.2, 0.25) is 0 Å². The average Bonchev–Trinajstić information content (AvgIpc) is 2.50. The van der Waals surface area contributed by atoms with Crippen molar-refractivity contribution >= 4 is 13.2 Å². The molecule has 2 rings (SSSR count). The quantitative estimate of drug-likeness (QED) is 0.833. The van der Waals surface area contributed by atoms with Crippen molar-refractivity contribution in [3.63, 3.8) is 0 Å². The lowest BCUT2D eigenvalue weighted by atomic mass is 9.89. The average molecular weight is 265 g/mol. The predicted molar refractivity (Wildman–Crippen MR) is 72.1 cm³/mol. The van der Waals surface area contributed by atoms with Gasteiger partial charge in [-0.2, -0.15) is 0 Å². The minimum Gasteiger partial charge on any atom is -0.400 e. The molecule has 0 unspecified atom stereocenters. The van der Waals surface area contributed by atoms with Crippen LogP contribution in [0.3, 0.4) is 0 Å². The molecule has 0 aromatic carbocycles. The summed E-state index contributed by atoms with van der Waals surface area (Å²) in [4.78, 5) is 14.1. The van der Waals surface area contributed by atoms with E-state index in [9.17, 15) is 9.18 Å². The summed E-state index contributed by atoms with van der Waals surface area (Å²) < 4.78 is 24.6. The summed E-state index contributed by atoms with van der Waals surface area (Å²) in [5, 5.41) is 0. The SMILES string of the molecule is CC1(C)OB(/C=C/c2c[nH]cc(F)c2=O)OC1(C)C. The molecule has 0 saturated carbocycles. The van der Waals surface area contributed by atoms with Crippen LogP contribution in [-0.4, -0.2) is 23.3 Å². The number of nitrogens with one attached hydrogen (secondary N) is 1. The number of pyridine rings is 1. The van der Waals surface area contributed by atoms with Crippen molar-refractivity contribution in [2.45, 2.75) is 38.9 Å². The molecule has 1 aliphatic heterocycles. The van der Waals surface area contributed by atoms with Crippen LogP contribution < -0.4 is 5.43 Å². The molecule has 1 aromatic rings. The van der Waals surface area contributed by atoms with Gasteiger partial charge >= 0.3 is 7.12 Å². The lowest BCUT2D eigenvalue weighted by Gasteiger charge is -2.32. The van der Waals surface area contributed by atoms with E-state index >= 15 is 0 Å². The Morgan fingerprint density at radius 1 is 1.21 bits per heavy atom. The summed E-state index contributed by atoms with van der Waals surface area (Å²) >= 11 is 0. The fourth-order valence-electron chi connectivity index (χ4n) is 1.75. The first-order valence-electron chi connectivity index (χ1n) is 6.13. The van der Waals surface area contributed by atoms with E-state index in [2.05, 4.69) is 4.98 Å². The second kappa shape index (κ2) is 4.61. The molecule has 1 fully saturated rings. The monoisotopic (exact) mass is 265 g/mol. The summed E-state index contributed by atoms with van der Waals surface area (Å²) in [5.41, 5.74) is -1.28. The van der Waals surface area contributed by atoms with Gasteiger partial charge in [0.2, 0.25) is 5.43 Å². The zero-order chi connectivity index (χ0) is 14.3. The maximum atomic E-state index is 13.1. The molecule has 1 N–H and O–H groups in total. The summed E-state index contributed by atoms with van der Waals surface area (Å²) in [6.07, 6.45) is 3.96. The molecular weight excluding hydrogens is 248 g/mol. The fraction of sp³-hybridized carbons (Fsp3) is 0.462. The van der Waals surface area contributed by atoms with Gasteiger partial charge in [0.25, 0.3) is 0 Å². The number of hydrogen-bond donors (Lipinski definition) is 1. The third-order valence-corrected chi connectivity index (χ3v) is 3.63. The maximum Gasteiger partial charge on any atom is 0.487 e. The number of aromatic nitrogens is 1. The first-order valence-corrected chi connectivity index (χ1v) is 6.13. The highest BCUT2D eigenvalue weighted by atomic mass is 19.1. The highest BCUT2D eigenvalue weighted by Gasteiger charge is 2.49. The van der Waals surface area contributed by atoms with Gasteiger partial charge in [-0.3, -0.25) is 4.79 Å². The van der Waals surface area contributed by atoms with Gasteiger partial charge in [-0.25, -0.2) is 4.39 Å². The first-order chi connectivity index (χ1) is 8.73. The van der Waals surface area contributed by atoms with E-state index in [-0.39, 0.29) is 5.56 Å².